The first-order valence-corrected chi connectivity index (χ1v) is 19.5. The van der Waals surface area contributed by atoms with Gasteiger partial charge in [0.2, 0.25) is 17.7 Å². The normalized spacial score (nSPS) is 22.9. The fourth-order valence-electron chi connectivity index (χ4n) is 7.11. The third-order valence-corrected chi connectivity index (χ3v) is 11.7. The lowest BCUT2D eigenvalue weighted by Crippen LogP contribution is -2.59. The number of hydrogen-bond donors (Lipinski definition) is 4. The van der Waals surface area contributed by atoms with Crippen molar-refractivity contribution in [2.45, 2.75) is 89.1 Å². The average Bonchev–Trinajstić information content (AvgIpc) is 3.80. The van der Waals surface area contributed by atoms with Crippen LogP contribution in [0.4, 0.5) is 10.7 Å². The van der Waals surface area contributed by atoms with Gasteiger partial charge in [-0.2, -0.15) is 5.21 Å². The van der Waals surface area contributed by atoms with E-state index in [9.17, 15) is 19.2 Å². The summed E-state index contributed by atoms with van der Waals surface area (Å²) in [4.78, 5) is 67.5. The van der Waals surface area contributed by atoms with Gasteiger partial charge >= 0.3 is 6.09 Å². The lowest BCUT2D eigenvalue weighted by molar-refractivity contribution is -0.142. The highest BCUT2D eigenvalue weighted by Crippen LogP contribution is 2.46. The molecule has 55 heavy (non-hydrogen) atoms. The first-order valence-electron chi connectivity index (χ1n) is 17.9. The minimum absolute atomic E-state index is 0.0211. The van der Waals surface area contributed by atoms with E-state index in [2.05, 4.69) is 43.2 Å². The summed E-state index contributed by atoms with van der Waals surface area (Å²) >= 11 is 14.1. The van der Waals surface area contributed by atoms with Crippen LogP contribution >= 0.6 is 34.5 Å². The molecule has 0 unspecified atom stereocenters. The number of nitrogens with one attached hydrogen (secondary N) is 4. The molecule has 4 aromatic rings. The topological polar surface area (TPSA) is 206 Å². The van der Waals surface area contributed by atoms with Gasteiger partial charge in [-0.25, -0.2) is 14.8 Å². The standard InChI is InChI=1S/C36H40Cl2N10O6S/c1-5-18-16-36(18,32(51)42-33-44-46-47-45-33)43-29(49)25-13-20(17-48(25)31(50)28(35(2,3)4)41-34(52)54-19-9-6-7-10-19)53-30-27(26-11-8-12-55-26)39-23-14-21(37)22(38)15-24(23)40-30/h5,8,11-12,14-15,18-20,25,28H,1,6-7,9-10,13,16-17H2,2-4H3,(H,41,52)(H,43,49)(H2,42,44,45,46,47,51)/t18-,20-,25+,28-,36-/m1/s1. The number of halogens is 2. The summed E-state index contributed by atoms with van der Waals surface area (Å²) in [5.41, 5.74) is -0.796. The molecule has 7 rings (SSSR count). The molecule has 3 fully saturated rings. The molecule has 4 N–H and O–H groups in total. The molecule has 4 heterocycles. The Kier molecular flexibility index (Phi) is 10.7. The molecule has 1 aliphatic heterocycles. The molecule has 5 atom stereocenters. The molecule has 0 spiro atoms. The summed E-state index contributed by atoms with van der Waals surface area (Å²) in [6.07, 6.45) is 3.60. The zero-order valence-corrected chi connectivity index (χ0v) is 32.6. The Balaban J connectivity index is 1.20. The van der Waals surface area contributed by atoms with Crippen molar-refractivity contribution in [3.8, 4) is 16.5 Å². The van der Waals surface area contributed by atoms with Crippen molar-refractivity contribution in [2.75, 3.05) is 11.9 Å². The van der Waals surface area contributed by atoms with Gasteiger partial charge in [-0.3, -0.25) is 19.7 Å². The molecule has 0 bridgehead atoms. The predicted octanol–water partition coefficient (Wildman–Crippen LogP) is 5.31. The molecule has 19 heteroatoms. The molecule has 3 aromatic heterocycles. The first-order chi connectivity index (χ1) is 26.3. The Morgan fingerprint density at radius 1 is 1.11 bits per heavy atom. The maximum atomic E-state index is 14.7. The Hall–Kier alpha value is -4.87. The van der Waals surface area contributed by atoms with Crippen LogP contribution < -0.4 is 20.7 Å². The number of fused-ring (bicyclic) bond motifs is 1. The third-order valence-electron chi connectivity index (χ3n) is 10.1. The molecule has 2 aliphatic carbocycles. The minimum atomic E-state index is -1.38. The van der Waals surface area contributed by atoms with Crippen molar-refractivity contribution in [3.63, 3.8) is 0 Å². The fraction of sp³-hybridized carbons (Fsp3) is 0.472. The van der Waals surface area contributed by atoms with Crippen LogP contribution in [0.2, 0.25) is 10.0 Å². The van der Waals surface area contributed by atoms with E-state index in [1.54, 1.807) is 18.2 Å². The van der Waals surface area contributed by atoms with Gasteiger partial charge in [0.25, 0.3) is 11.9 Å². The Morgan fingerprint density at radius 2 is 1.84 bits per heavy atom. The van der Waals surface area contributed by atoms with E-state index >= 15 is 0 Å². The number of benzene rings is 1. The number of aromatic amines is 1. The average molecular weight is 812 g/mol. The maximum Gasteiger partial charge on any atom is 0.408 e. The maximum absolute atomic E-state index is 14.7. The summed E-state index contributed by atoms with van der Waals surface area (Å²) in [5.74, 6) is -1.99. The van der Waals surface area contributed by atoms with Gasteiger partial charge in [-0.05, 0) is 66.3 Å². The molecular weight excluding hydrogens is 771 g/mol. The van der Waals surface area contributed by atoms with Crippen LogP contribution in [0.15, 0.2) is 42.3 Å². The van der Waals surface area contributed by atoms with Crippen molar-refractivity contribution in [3.05, 3.63) is 52.3 Å². The highest BCUT2D eigenvalue weighted by molar-refractivity contribution is 7.13. The van der Waals surface area contributed by atoms with Crippen LogP contribution in [-0.4, -0.2) is 95.7 Å². The molecule has 1 aromatic carbocycles. The largest absolute Gasteiger partial charge is 0.471 e. The molecule has 1 saturated heterocycles. The number of likely N-dealkylation sites (tertiary alicyclic amines) is 1. The van der Waals surface area contributed by atoms with Gasteiger partial charge < -0.3 is 25.0 Å². The Bertz CT molecular complexity index is 2110. The van der Waals surface area contributed by atoms with Gasteiger partial charge in [0.05, 0.1) is 32.5 Å². The van der Waals surface area contributed by atoms with Crippen molar-refractivity contribution in [1.82, 2.24) is 46.1 Å². The second-order valence-electron chi connectivity index (χ2n) is 15.0. The lowest BCUT2D eigenvalue weighted by atomic mass is 9.85. The van der Waals surface area contributed by atoms with Crippen molar-refractivity contribution in [1.29, 1.82) is 0 Å². The van der Waals surface area contributed by atoms with Gasteiger partial charge in [-0.1, -0.05) is 61.2 Å². The highest BCUT2D eigenvalue weighted by Gasteiger charge is 2.61. The molecule has 290 valence electrons. The van der Waals surface area contributed by atoms with E-state index in [-0.39, 0.29) is 42.3 Å². The number of rotatable bonds is 11. The van der Waals surface area contributed by atoms with E-state index in [1.807, 2.05) is 38.3 Å². The number of anilines is 1. The second kappa shape index (κ2) is 15.3. The van der Waals surface area contributed by atoms with Crippen LogP contribution in [-0.2, 0) is 19.1 Å². The minimum Gasteiger partial charge on any atom is -0.471 e. The number of alkyl carbamates (subject to hydrolysis) is 1. The van der Waals surface area contributed by atoms with E-state index < -0.39 is 58.9 Å². The molecule has 2 saturated carbocycles. The van der Waals surface area contributed by atoms with Crippen LogP contribution in [0.5, 0.6) is 5.88 Å². The summed E-state index contributed by atoms with van der Waals surface area (Å²) in [7, 11) is 0. The SMILES string of the molecule is C=C[C@@H]1C[C@]1(NC(=O)[C@@H]1C[C@@H](Oc2nc3cc(Cl)c(Cl)cc3nc2-c2cccs2)CN1C(=O)[C@@H](NC(=O)OC1CCCC1)C(C)(C)C)C(=O)Nc1nn[nH]n1. The number of carbonyl (C=O) groups is 4. The number of H-pyrrole nitrogens is 1. The number of hydrogen-bond acceptors (Lipinski definition) is 12. The van der Waals surface area contributed by atoms with E-state index in [4.69, 9.17) is 42.6 Å². The summed E-state index contributed by atoms with van der Waals surface area (Å²) in [5, 5.41) is 24.1. The number of amides is 4. The molecule has 0 radical (unpaired) electrons. The lowest BCUT2D eigenvalue weighted by Gasteiger charge is -2.35. The van der Waals surface area contributed by atoms with E-state index in [0.717, 1.165) is 30.6 Å². The third kappa shape index (κ3) is 8.09. The van der Waals surface area contributed by atoms with Gasteiger partial charge in [0.15, 0.2) is 0 Å². The number of tetrazole rings is 1. The highest BCUT2D eigenvalue weighted by atomic mass is 35.5. The number of ether oxygens (including phenoxy) is 2. The molecule has 3 aliphatic rings. The summed E-state index contributed by atoms with van der Waals surface area (Å²) in [6.45, 7) is 9.23. The Morgan fingerprint density at radius 3 is 2.45 bits per heavy atom. The summed E-state index contributed by atoms with van der Waals surface area (Å²) < 4.78 is 12.2. The second-order valence-corrected chi connectivity index (χ2v) is 16.8. The fourth-order valence-corrected chi connectivity index (χ4v) is 8.13. The van der Waals surface area contributed by atoms with Crippen molar-refractivity contribution in [2.24, 2.45) is 11.3 Å². The van der Waals surface area contributed by atoms with Crippen LogP contribution in [0, 0.1) is 11.3 Å². The summed E-state index contributed by atoms with van der Waals surface area (Å²) in [6, 6.07) is 4.76. The molecule has 4 amide bonds. The van der Waals surface area contributed by atoms with Crippen LogP contribution in [0.1, 0.15) is 59.3 Å². The molecule has 16 nitrogen and oxygen atoms in total. The predicted molar refractivity (Wildman–Crippen MR) is 205 cm³/mol. The van der Waals surface area contributed by atoms with E-state index in [0.29, 0.717) is 21.7 Å². The van der Waals surface area contributed by atoms with E-state index in [1.165, 1.54) is 16.2 Å². The number of thiophene rings is 1. The number of carbonyl (C=O) groups excluding carboxylic acids is 4. The van der Waals surface area contributed by atoms with Crippen molar-refractivity contribution < 1.29 is 28.7 Å². The quantitative estimate of drug-likeness (QED) is 0.143. The van der Waals surface area contributed by atoms with Crippen molar-refractivity contribution >= 4 is 75.3 Å². The first kappa shape index (κ1) is 38.4. The molecular formula is C36H40Cl2N10O6S. The van der Waals surface area contributed by atoms with Gasteiger partial charge in [0.1, 0.15) is 35.5 Å². The number of aromatic nitrogens is 6. The van der Waals surface area contributed by atoms with Crippen LogP contribution in [0.25, 0.3) is 21.6 Å². The van der Waals surface area contributed by atoms with Gasteiger partial charge in [-0.15, -0.1) is 23.0 Å². The number of nitrogens with zero attached hydrogens (tertiary/aromatic N) is 6. The monoisotopic (exact) mass is 810 g/mol. The smallest absolute Gasteiger partial charge is 0.408 e. The van der Waals surface area contributed by atoms with Crippen LogP contribution in [0.3, 0.4) is 0 Å². The zero-order valence-electron chi connectivity index (χ0n) is 30.3. The van der Waals surface area contributed by atoms with Gasteiger partial charge in [0, 0.05) is 12.3 Å². The zero-order chi connectivity index (χ0) is 39.1. The Labute approximate surface area is 330 Å².